The summed E-state index contributed by atoms with van der Waals surface area (Å²) in [6.07, 6.45) is 4.33. The summed E-state index contributed by atoms with van der Waals surface area (Å²) in [6, 6.07) is 16.8. The second-order valence-electron chi connectivity index (χ2n) is 6.41. The number of benzene rings is 3. The molecule has 2 aliphatic rings. The van der Waals surface area contributed by atoms with Gasteiger partial charge in [-0.2, -0.15) is 0 Å². The van der Waals surface area contributed by atoms with Crippen molar-refractivity contribution in [1.29, 1.82) is 0 Å². The van der Waals surface area contributed by atoms with Crippen molar-refractivity contribution in [3.63, 3.8) is 0 Å². The van der Waals surface area contributed by atoms with Crippen LogP contribution < -0.4 is 10.7 Å². The Morgan fingerprint density at radius 2 is 1.68 bits per heavy atom. The maximum atomic E-state index is 5.05. The highest BCUT2D eigenvalue weighted by molar-refractivity contribution is 5.93. The van der Waals surface area contributed by atoms with E-state index in [2.05, 4.69) is 51.4 Å². The average Bonchev–Trinajstić information content (AvgIpc) is 3.15. The third-order valence-corrected chi connectivity index (χ3v) is 5.03. The first-order valence-corrected chi connectivity index (χ1v) is 8.29. The van der Waals surface area contributed by atoms with Gasteiger partial charge in [0.05, 0.1) is 27.6 Å². The summed E-state index contributed by atoms with van der Waals surface area (Å²) >= 11 is 0. The molecule has 25 heavy (non-hydrogen) atoms. The zero-order chi connectivity index (χ0) is 16.4. The van der Waals surface area contributed by atoms with Gasteiger partial charge in [0.2, 0.25) is 0 Å². The zero-order valence-corrected chi connectivity index (χ0v) is 13.3. The molecule has 0 N–H and O–H groups in total. The Balaban J connectivity index is 1.78. The van der Waals surface area contributed by atoms with E-state index in [1.54, 1.807) is 6.34 Å². The number of nitrogens with zero attached hydrogens (tertiary/aromatic N) is 4. The van der Waals surface area contributed by atoms with Gasteiger partial charge in [0.1, 0.15) is 6.34 Å². The molecule has 0 atom stereocenters. The minimum absolute atomic E-state index is 0.876. The van der Waals surface area contributed by atoms with Crippen molar-refractivity contribution < 1.29 is 0 Å². The minimum Gasteiger partial charge on any atom is -0.254 e. The third-order valence-electron chi connectivity index (χ3n) is 5.03. The van der Waals surface area contributed by atoms with E-state index in [9.17, 15) is 0 Å². The Morgan fingerprint density at radius 3 is 2.68 bits per heavy atom. The van der Waals surface area contributed by atoms with Gasteiger partial charge in [0.15, 0.2) is 0 Å². The lowest BCUT2D eigenvalue weighted by atomic mass is 9.95. The summed E-state index contributed by atoms with van der Waals surface area (Å²) in [5.74, 6) is 0. The van der Waals surface area contributed by atoms with Crippen LogP contribution in [0.15, 0.2) is 69.7 Å². The zero-order valence-electron chi connectivity index (χ0n) is 13.3. The summed E-state index contributed by atoms with van der Waals surface area (Å²) in [6.45, 7) is 0. The average molecular weight is 320 g/mol. The fourth-order valence-corrected chi connectivity index (χ4v) is 3.83. The predicted molar refractivity (Wildman–Crippen MR) is 98.6 cm³/mol. The summed E-state index contributed by atoms with van der Waals surface area (Å²) in [7, 11) is 0. The Morgan fingerprint density at radius 1 is 0.800 bits per heavy atom. The van der Waals surface area contributed by atoms with E-state index in [4.69, 9.17) is 4.99 Å². The van der Waals surface area contributed by atoms with Crippen LogP contribution in [0.5, 0.6) is 0 Å². The number of hydrogen-bond donors (Lipinski definition) is 0. The number of fused-ring (bicyclic) bond motifs is 8. The van der Waals surface area contributed by atoms with E-state index in [0.717, 1.165) is 50.2 Å². The highest BCUT2D eigenvalue weighted by Gasteiger charge is 2.17. The third kappa shape index (κ3) is 1.71. The molecule has 116 valence electrons. The lowest BCUT2D eigenvalue weighted by Crippen LogP contribution is -2.17. The molecule has 6 rings (SSSR count). The summed E-state index contributed by atoms with van der Waals surface area (Å²) in [4.78, 5) is 18.3. The van der Waals surface area contributed by atoms with Gasteiger partial charge in [0, 0.05) is 28.8 Å². The van der Waals surface area contributed by atoms with Crippen LogP contribution in [0, 0.1) is 0 Å². The number of rotatable bonds is 0. The Kier molecular flexibility index (Phi) is 2.37. The van der Waals surface area contributed by atoms with E-state index < -0.39 is 0 Å². The molecule has 4 aromatic rings. The molecule has 0 bridgehead atoms. The van der Waals surface area contributed by atoms with E-state index >= 15 is 0 Å². The summed E-state index contributed by atoms with van der Waals surface area (Å²) in [5, 5.41) is 5.33. The van der Waals surface area contributed by atoms with Gasteiger partial charge in [-0.25, -0.2) is 15.0 Å². The maximum Gasteiger partial charge on any atom is 0.116 e. The molecule has 0 amide bonds. The van der Waals surface area contributed by atoms with Crippen LogP contribution in [0.2, 0.25) is 0 Å². The molecule has 0 saturated carbocycles. The van der Waals surface area contributed by atoms with Crippen molar-refractivity contribution in [3.05, 3.63) is 76.6 Å². The van der Waals surface area contributed by atoms with Gasteiger partial charge in [-0.05, 0) is 29.3 Å². The van der Waals surface area contributed by atoms with Crippen LogP contribution in [0.25, 0.3) is 21.7 Å². The number of aliphatic imine (C=N–C) groups is 1. The Bertz CT molecular complexity index is 1370. The normalized spacial score (nSPS) is 13.9. The SMILES string of the molecule is C1=Nc2ccc3c4c(ccc3c2=N1)Cc1ccc2cccnc2c1N=4. The lowest BCUT2D eigenvalue weighted by Gasteiger charge is -2.15. The van der Waals surface area contributed by atoms with E-state index in [1.807, 2.05) is 18.3 Å². The molecule has 2 aliphatic heterocycles. The van der Waals surface area contributed by atoms with Gasteiger partial charge in [-0.15, -0.1) is 0 Å². The number of hydrogen-bond acceptors (Lipinski definition) is 4. The van der Waals surface area contributed by atoms with Gasteiger partial charge in [-0.3, -0.25) is 4.98 Å². The van der Waals surface area contributed by atoms with E-state index in [0.29, 0.717) is 0 Å². The summed E-state index contributed by atoms with van der Waals surface area (Å²) < 4.78 is 0. The largest absolute Gasteiger partial charge is 0.254 e. The molecule has 4 heteroatoms. The van der Waals surface area contributed by atoms with Gasteiger partial charge in [0.25, 0.3) is 0 Å². The fraction of sp³-hybridized carbons (Fsp3) is 0.0476. The standard InChI is InChI=1S/C21H12N4/c1-2-12-3-4-14-10-13-5-6-16-15(7-8-17-21(16)24-11-23-17)18(13)25-20(14)19(12)22-9-1/h1-9,11H,10H2. The van der Waals surface area contributed by atoms with Crippen LogP contribution in [0.1, 0.15) is 11.1 Å². The van der Waals surface area contributed by atoms with Crippen molar-refractivity contribution in [2.45, 2.75) is 6.42 Å². The van der Waals surface area contributed by atoms with Gasteiger partial charge in [-0.1, -0.05) is 30.3 Å². The molecular formula is C21H12N4. The molecule has 0 spiro atoms. The first-order valence-electron chi connectivity index (χ1n) is 8.29. The Labute approximate surface area is 142 Å². The topological polar surface area (TPSA) is 50.0 Å². The first-order chi connectivity index (χ1) is 12.4. The van der Waals surface area contributed by atoms with E-state index in [1.165, 1.54) is 11.1 Å². The lowest BCUT2D eigenvalue weighted by molar-refractivity contribution is 1.10. The molecule has 0 radical (unpaired) electrons. The van der Waals surface area contributed by atoms with E-state index in [-0.39, 0.29) is 0 Å². The van der Waals surface area contributed by atoms with Gasteiger partial charge >= 0.3 is 0 Å². The van der Waals surface area contributed by atoms with Crippen LogP contribution in [0.4, 0.5) is 11.4 Å². The smallest absolute Gasteiger partial charge is 0.116 e. The number of pyridine rings is 1. The van der Waals surface area contributed by atoms with Crippen molar-refractivity contribution in [1.82, 2.24) is 4.98 Å². The second kappa shape index (κ2) is 4.57. The molecule has 1 aromatic heterocycles. The molecule has 3 heterocycles. The van der Waals surface area contributed by atoms with Crippen LogP contribution in [0.3, 0.4) is 0 Å². The molecular weight excluding hydrogens is 308 g/mol. The predicted octanol–water partition coefficient (Wildman–Crippen LogP) is 3.54. The maximum absolute atomic E-state index is 5.05. The first kappa shape index (κ1) is 13.0. The summed E-state index contributed by atoms with van der Waals surface area (Å²) in [5.41, 5.74) is 5.36. The molecule has 0 aliphatic carbocycles. The molecule has 4 nitrogen and oxygen atoms in total. The van der Waals surface area contributed by atoms with Gasteiger partial charge < -0.3 is 0 Å². The monoisotopic (exact) mass is 320 g/mol. The van der Waals surface area contributed by atoms with Crippen molar-refractivity contribution >= 4 is 39.4 Å². The quantitative estimate of drug-likeness (QED) is 0.430. The van der Waals surface area contributed by atoms with Crippen molar-refractivity contribution in [2.75, 3.05) is 0 Å². The highest BCUT2D eigenvalue weighted by Crippen LogP contribution is 2.32. The van der Waals surface area contributed by atoms with Crippen LogP contribution >= 0.6 is 0 Å². The fourth-order valence-electron chi connectivity index (χ4n) is 3.83. The van der Waals surface area contributed by atoms with Crippen molar-refractivity contribution in [3.8, 4) is 0 Å². The molecule has 0 unspecified atom stereocenters. The molecule has 3 aromatic carbocycles. The molecule has 0 saturated heterocycles. The highest BCUT2D eigenvalue weighted by atomic mass is 14.9. The number of aromatic nitrogens is 1. The minimum atomic E-state index is 0.876. The second-order valence-corrected chi connectivity index (χ2v) is 6.41. The molecule has 0 fully saturated rings. The van der Waals surface area contributed by atoms with Crippen LogP contribution in [-0.2, 0) is 6.42 Å². The van der Waals surface area contributed by atoms with Crippen LogP contribution in [-0.4, -0.2) is 11.3 Å². The van der Waals surface area contributed by atoms with Crippen molar-refractivity contribution in [2.24, 2.45) is 15.0 Å². The Hall–Kier alpha value is -3.40.